The molecule has 0 radical (unpaired) electrons. The van der Waals surface area contributed by atoms with Gasteiger partial charge in [0.25, 0.3) is 5.91 Å². The molecule has 0 unspecified atom stereocenters. The van der Waals surface area contributed by atoms with Crippen molar-refractivity contribution in [2.24, 2.45) is 0 Å². The fraction of sp³-hybridized carbons (Fsp3) is 0.211. The van der Waals surface area contributed by atoms with Crippen LogP contribution in [-0.4, -0.2) is 24.0 Å². The van der Waals surface area contributed by atoms with E-state index < -0.39 is 5.97 Å². The number of allylic oxidation sites excluding steroid dienone is 1. The van der Waals surface area contributed by atoms with E-state index in [-0.39, 0.29) is 5.91 Å². The predicted octanol–water partition coefficient (Wildman–Crippen LogP) is 3.47. The van der Waals surface area contributed by atoms with Crippen LogP contribution >= 0.6 is 0 Å². The molecule has 0 spiro atoms. The Morgan fingerprint density at radius 2 is 2.00 bits per heavy atom. The van der Waals surface area contributed by atoms with Crippen LogP contribution in [0.5, 0.6) is 0 Å². The Kier molecular flexibility index (Phi) is 5.47. The maximum absolute atomic E-state index is 12.8. The molecule has 1 heterocycles. The molecule has 0 atom stereocenters. The summed E-state index contributed by atoms with van der Waals surface area (Å²) in [5.74, 6) is -0.816. The summed E-state index contributed by atoms with van der Waals surface area (Å²) in [6.07, 6.45) is 2.30. The zero-order valence-electron chi connectivity index (χ0n) is 14.1. The number of benzene rings is 1. The molecule has 0 bridgehead atoms. The Balaban J connectivity index is 2.41. The number of methoxy groups -OCH3 is 1. The van der Waals surface area contributed by atoms with Crippen molar-refractivity contribution in [1.82, 2.24) is 4.98 Å². The number of rotatable bonds is 5. The Hall–Kier alpha value is -2.95. The second kappa shape index (κ2) is 7.55. The minimum Gasteiger partial charge on any atom is -0.465 e. The summed E-state index contributed by atoms with van der Waals surface area (Å²) in [6, 6.07) is 8.59. The summed E-state index contributed by atoms with van der Waals surface area (Å²) in [5, 5.41) is 2.79. The summed E-state index contributed by atoms with van der Waals surface area (Å²) in [4.78, 5) is 29.0. The smallest absolute Gasteiger partial charge is 0.339 e. The van der Waals surface area contributed by atoms with E-state index in [0.717, 1.165) is 11.3 Å². The highest BCUT2D eigenvalue weighted by Gasteiger charge is 2.19. The standard InChI is InChI=1S/C19H20N2O3/c1-5-8-14-11-12(2)20-13(3)17(14)18(22)21-16-10-7-6-9-15(16)19(23)24-4/h5-7,9-11H,1,8H2,2-4H3,(H,21,22). The van der Waals surface area contributed by atoms with Gasteiger partial charge < -0.3 is 10.1 Å². The van der Waals surface area contributed by atoms with Gasteiger partial charge >= 0.3 is 5.97 Å². The summed E-state index contributed by atoms with van der Waals surface area (Å²) in [5.41, 5.74) is 3.54. The molecule has 2 aromatic rings. The Bertz CT molecular complexity index is 797. The molecule has 0 aliphatic heterocycles. The molecule has 1 amide bonds. The molecule has 0 saturated heterocycles. The highest BCUT2D eigenvalue weighted by Crippen LogP contribution is 2.20. The van der Waals surface area contributed by atoms with Crippen molar-refractivity contribution in [2.75, 3.05) is 12.4 Å². The molecule has 1 aromatic carbocycles. The maximum Gasteiger partial charge on any atom is 0.339 e. The molecule has 124 valence electrons. The van der Waals surface area contributed by atoms with Gasteiger partial charge in [-0.05, 0) is 44.0 Å². The summed E-state index contributed by atoms with van der Waals surface area (Å²) in [7, 11) is 1.30. The average molecular weight is 324 g/mol. The molecule has 5 heteroatoms. The van der Waals surface area contributed by atoms with Gasteiger partial charge in [-0.2, -0.15) is 0 Å². The lowest BCUT2D eigenvalue weighted by molar-refractivity contribution is 0.0602. The van der Waals surface area contributed by atoms with E-state index in [1.54, 1.807) is 37.3 Å². The minimum absolute atomic E-state index is 0.302. The quantitative estimate of drug-likeness (QED) is 0.675. The van der Waals surface area contributed by atoms with Crippen molar-refractivity contribution in [3.8, 4) is 0 Å². The van der Waals surface area contributed by atoms with Crippen molar-refractivity contribution < 1.29 is 14.3 Å². The van der Waals surface area contributed by atoms with Crippen LogP contribution in [0.15, 0.2) is 43.0 Å². The van der Waals surface area contributed by atoms with E-state index >= 15 is 0 Å². The summed E-state index contributed by atoms with van der Waals surface area (Å²) in [6.45, 7) is 7.41. The average Bonchev–Trinajstić information content (AvgIpc) is 2.54. The third-order valence-electron chi connectivity index (χ3n) is 3.58. The van der Waals surface area contributed by atoms with Gasteiger partial charge in [-0.25, -0.2) is 4.79 Å². The predicted molar refractivity (Wildman–Crippen MR) is 93.3 cm³/mol. The number of ether oxygens (including phenoxy) is 1. The van der Waals surface area contributed by atoms with Gasteiger partial charge in [-0.3, -0.25) is 9.78 Å². The van der Waals surface area contributed by atoms with E-state index in [0.29, 0.717) is 28.9 Å². The number of carbonyl (C=O) groups excluding carboxylic acids is 2. The number of nitrogens with one attached hydrogen (secondary N) is 1. The first kappa shape index (κ1) is 17.4. The lowest BCUT2D eigenvalue weighted by Crippen LogP contribution is -2.19. The monoisotopic (exact) mass is 324 g/mol. The van der Waals surface area contributed by atoms with Crippen molar-refractivity contribution >= 4 is 17.6 Å². The third kappa shape index (κ3) is 3.68. The first-order valence-corrected chi connectivity index (χ1v) is 7.54. The number of anilines is 1. The molecule has 5 nitrogen and oxygen atoms in total. The molecule has 2 rings (SSSR count). The number of hydrogen-bond donors (Lipinski definition) is 1. The molecule has 0 saturated carbocycles. The fourth-order valence-corrected chi connectivity index (χ4v) is 2.60. The van der Waals surface area contributed by atoms with Crippen molar-refractivity contribution in [2.45, 2.75) is 20.3 Å². The van der Waals surface area contributed by atoms with Crippen molar-refractivity contribution in [3.63, 3.8) is 0 Å². The molecule has 1 N–H and O–H groups in total. The highest BCUT2D eigenvalue weighted by atomic mass is 16.5. The van der Waals surface area contributed by atoms with Crippen LogP contribution in [0.25, 0.3) is 0 Å². The summed E-state index contributed by atoms with van der Waals surface area (Å²) < 4.78 is 4.75. The second-order valence-electron chi connectivity index (χ2n) is 5.37. The number of para-hydroxylation sites is 1. The normalized spacial score (nSPS) is 10.1. The largest absolute Gasteiger partial charge is 0.465 e. The number of hydrogen-bond acceptors (Lipinski definition) is 4. The number of esters is 1. The zero-order chi connectivity index (χ0) is 17.7. The summed E-state index contributed by atoms with van der Waals surface area (Å²) >= 11 is 0. The van der Waals surface area contributed by atoms with Crippen LogP contribution in [-0.2, 0) is 11.2 Å². The topological polar surface area (TPSA) is 68.3 Å². The Morgan fingerprint density at radius 3 is 2.67 bits per heavy atom. The van der Waals surface area contributed by atoms with Crippen LogP contribution in [0.4, 0.5) is 5.69 Å². The van der Waals surface area contributed by atoms with Gasteiger partial charge in [0.2, 0.25) is 0 Å². The number of pyridine rings is 1. The first-order valence-electron chi connectivity index (χ1n) is 7.54. The van der Waals surface area contributed by atoms with Gasteiger partial charge in [0.1, 0.15) is 0 Å². The van der Waals surface area contributed by atoms with E-state index in [2.05, 4.69) is 16.9 Å². The van der Waals surface area contributed by atoms with Crippen molar-refractivity contribution in [1.29, 1.82) is 0 Å². The van der Waals surface area contributed by atoms with E-state index in [1.807, 2.05) is 13.0 Å². The van der Waals surface area contributed by atoms with Crippen LogP contribution in [0.3, 0.4) is 0 Å². The zero-order valence-corrected chi connectivity index (χ0v) is 14.1. The lowest BCUT2D eigenvalue weighted by atomic mass is 10.0. The molecular weight excluding hydrogens is 304 g/mol. The van der Waals surface area contributed by atoms with E-state index in [4.69, 9.17) is 4.74 Å². The van der Waals surface area contributed by atoms with Crippen LogP contribution in [0.2, 0.25) is 0 Å². The number of aromatic nitrogens is 1. The first-order chi connectivity index (χ1) is 11.5. The lowest BCUT2D eigenvalue weighted by Gasteiger charge is -2.14. The number of aryl methyl sites for hydroxylation is 2. The van der Waals surface area contributed by atoms with Gasteiger partial charge in [-0.1, -0.05) is 18.2 Å². The van der Waals surface area contributed by atoms with Gasteiger partial charge in [0.15, 0.2) is 0 Å². The van der Waals surface area contributed by atoms with Crippen LogP contribution < -0.4 is 5.32 Å². The van der Waals surface area contributed by atoms with E-state index in [9.17, 15) is 9.59 Å². The van der Waals surface area contributed by atoms with E-state index in [1.165, 1.54) is 7.11 Å². The number of amides is 1. The molecule has 0 aliphatic carbocycles. The molecule has 1 aromatic heterocycles. The van der Waals surface area contributed by atoms with Gasteiger partial charge in [0.05, 0.1) is 29.6 Å². The fourth-order valence-electron chi connectivity index (χ4n) is 2.60. The maximum atomic E-state index is 12.8. The van der Waals surface area contributed by atoms with Gasteiger partial charge in [0, 0.05) is 5.69 Å². The molecule has 24 heavy (non-hydrogen) atoms. The number of carbonyl (C=O) groups is 2. The van der Waals surface area contributed by atoms with Crippen LogP contribution in [0, 0.1) is 13.8 Å². The van der Waals surface area contributed by atoms with Crippen LogP contribution in [0.1, 0.15) is 37.7 Å². The second-order valence-corrected chi connectivity index (χ2v) is 5.37. The Morgan fingerprint density at radius 1 is 1.29 bits per heavy atom. The Labute approximate surface area is 141 Å². The molecular formula is C19H20N2O3. The van der Waals surface area contributed by atoms with Crippen molar-refractivity contribution in [3.05, 3.63) is 71.1 Å². The molecule has 0 aliphatic rings. The molecule has 0 fully saturated rings. The number of nitrogens with zero attached hydrogens (tertiary/aromatic N) is 1. The highest BCUT2D eigenvalue weighted by molar-refractivity contribution is 6.09. The third-order valence-corrected chi connectivity index (χ3v) is 3.58. The minimum atomic E-state index is -0.504. The SMILES string of the molecule is C=CCc1cc(C)nc(C)c1C(=O)Nc1ccccc1C(=O)OC. The van der Waals surface area contributed by atoms with Gasteiger partial charge in [-0.15, -0.1) is 6.58 Å².